The normalized spacial score (nSPS) is 14.2. The molecule has 0 aliphatic rings. The molecule has 2 aromatic rings. The van der Waals surface area contributed by atoms with E-state index < -0.39 is 0 Å². The highest BCUT2D eigenvalue weighted by Gasteiger charge is 2.24. The van der Waals surface area contributed by atoms with Crippen molar-refractivity contribution in [3.63, 3.8) is 0 Å². The first-order valence-corrected chi connectivity index (χ1v) is 8.47. The number of benzene rings is 2. The second-order valence-corrected chi connectivity index (χ2v) is 6.28. The van der Waals surface area contributed by atoms with Gasteiger partial charge < -0.3 is 9.47 Å². The Labute approximate surface area is 148 Å². The van der Waals surface area contributed by atoms with Gasteiger partial charge in [-0.05, 0) is 43.0 Å². The molecule has 0 aromatic heterocycles. The second kappa shape index (κ2) is 9.02. The van der Waals surface area contributed by atoms with Crippen molar-refractivity contribution in [3.05, 3.63) is 71.8 Å². The molecular weight excluding hydrogens is 316 g/mol. The predicted molar refractivity (Wildman–Crippen MR) is 96.4 cm³/mol. The van der Waals surface area contributed by atoms with Crippen LogP contribution in [0.5, 0.6) is 0 Å². The third-order valence-corrected chi connectivity index (χ3v) is 4.43. The van der Waals surface area contributed by atoms with Crippen molar-refractivity contribution in [2.45, 2.75) is 26.9 Å². The van der Waals surface area contributed by atoms with Crippen LogP contribution in [-0.4, -0.2) is 24.6 Å². The molecule has 4 heteroatoms. The highest BCUT2D eigenvalue weighted by atomic mass is 16.5. The van der Waals surface area contributed by atoms with Gasteiger partial charge in [-0.1, -0.05) is 50.2 Å². The number of rotatable bonds is 7. The van der Waals surface area contributed by atoms with Crippen molar-refractivity contribution in [2.75, 3.05) is 6.61 Å². The lowest BCUT2D eigenvalue weighted by Gasteiger charge is -2.25. The SMILES string of the molecule is CC(COC(=O)c1ccccc1)C(C)C(C)OC(=O)c1ccccc1. The number of esters is 2. The van der Waals surface area contributed by atoms with Gasteiger partial charge in [0.05, 0.1) is 17.7 Å². The summed E-state index contributed by atoms with van der Waals surface area (Å²) in [5, 5.41) is 0. The molecule has 2 rings (SSSR count). The van der Waals surface area contributed by atoms with Crippen molar-refractivity contribution in [1.29, 1.82) is 0 Å². The van der Waals surface area contributed by atoms with Gasteiger partial charge >= 0.3 is 11.9 Å². The van der Waals surface area contributed by atoms with Crippen molar-refractivity contribution < 1.29 is 19.1 Å². The largest absolute Gasteiger partial charge is 0.462 e. The lowest BCUT2D eigenvalue weighted by atomic mass is 9.92. The van der Waals surface area contributed by atoms with Crippen LogP contribution in [0.2, 0.25) is 0 Å². The summed E-state index contributed by atoms with van der Waals surface area (Å²) in [5.74, 6) is -0.565. The van der Waals surface area contributed by atoms with E-state index in [9.17, 15) is 9.59 Å². The summed E-state index contributed by atoms with van der Waals surface area (Å²) < 4.78 is 10.9. The molecule has 0 aliphatic heterocycles. The van der Waals surface area contributed by atoms with Crippen molar-refractivity contribution in [1.82, 2.24) is 0 Å². The Morgan fingerprint density at radius 1 is 0.800 bits per heavy atom. The molecule has 0 radical (unpaired) electrons. The molecule has 2 aromatic carbocycles. The Bertz CT molecular complexity index is 682. The number of hydrogen-bond donors (Lipinski definition) is 0. The molecule has 0 amide bonds. The van der Waals surface area contributed by atoms with E-state index in [1.807, 2.05) is 32.9 Å². The molecule has 0 saturated heterocycles. The highest BCUT2D eigenvalue weighted by Crippen LogP contribution is 2.20. The topological polar surface area (TPSA) is 52.6 Å². The molecule has 0 bridgehead atoms. The summed E-state index contributed by atoms with van der Waals surface area (Å²) >= 11 is 0. The van der Waals surface area contributed by atoms with Gasteiger partial charge in [-0.3, -0.25) is 0 Å². The number of carbonyl (C=O) groups is 2. The lowest BCUT2D eigenvalue weighted by molar-refractivity contribution is 0.00329. The average Bonchev–Trinajstić information content (AvgIpc) is 2.66. The Balaban J connectivity index is 1.83. The predicted octanol–water partition coefficient (Wildman–Crippen LogP) is 4.36. The van der Waals surface area contributed by atoms with Gasteiger partial charge in [0.1, 0.15) is 6.10 Å². The van der Waals surface area contributed by atoms with E-state index in [4.69, 9.17) is 9.47 Å². The molecule has 0 heterocycles. The zero-order valence-electron chi connectivity index (χ0n) is 14.8. The smallest absolute Gasteiger partial charge is 0.338 e. The first-order chi connectivity index (χ1) is 12.0. The van der Waals surface area contributed by atoms with Gasteiger partial charge in [0.2, 0.25) is 0 Å². The van der Waals surface area contributed by atoms with Gasteiger partial charge in [-0.15, -0.1) is 0 Å². The van der Waals surface area contributed by atoms with E-state index in [-0.39, 0.29) is 36.5 Å². The molecule has 0 N–H and O–H groups in total. The summed E-state index contributed by atoms with van der Waals surface area (Å²) in [6.07, 6.45) is -0.280. The Morgan fingerprint density at radius 2 is 1.28 bits per heavy atom. The van der Waals surface area contributed by atoms with E-state index in [2.05, 4.69) is 0 Å². The second-order valence-electron chi connectivity index (χ2n) is 6.28. The van der Waals surface area contributed by atoms with Gasteiger partial charge in [-0.25, -0.2) is 9.59 Å². The fourth-order valence-electron chi connectivity index (χ4n) is 2.40. The lowest BCUT2D eigenvalue weighted by Crippen LogP contribution is -2.29. The molecule has 3 unspecified atom stereocenters. The van der Waals surface area contributed by atoms with Crippen LogP contribution < -0.4 is 0 Å². The van der Waals surface area contributed by atoms with Crippen LogP contribution in [0.25, 0.3) is 0 Å². The number of carbonyl (C=O) groups excluding carboxylic acids is 2. The van der Waals surface area contributed by atoms with Crippen molar-refractivity contribution in [2.24, 2.45) is 11.8 Å². The zero-order chi connectivity index (χ0) is 18.2. The minimum Gasteiger partial charge on any atom is -0.462 e. The Morgan fingerprint density at radius 3 is 1.80 bits per heavy atom. The van der Waals surface area contributed by atoms with Crippen molar-refractivity contribution in [3.8, 4) is 0 Å². The molecule has 3 atom stereocenters. The third kappa shape index (κ3) is 5.45. The Hall–Kier alpha value is -2.62. The van der Waals surface area contributed by atoms with Gasteiger partial charge in [0.15, 0.2) is 0 Å². The van der Waals surface area contributed by atoms with E-state index in [0.717, 1.165) is 0 Å². The van der Waals surface area contributed by atoms with E-state index in [1.54, 1.807) is 48.5 Å². The van der Waals surface area contributed by atoms with Crippen LogP contribution >= 0.6 is 0 Å². The van der Waals surface area contributed by atoms with Crippen LogP contribution in [0.15, 0.2) is 60.7 Å². The number of ether oxygens (including phenoxy) is 2. The van der Waals surface area contributed by atoms with Gasteiger partial charge in [0.25, 0.3) is 0 Å². The molecule has 0 spiro atoms. The fourth-order valence-corrected chi connectivity index (χ4v) is 2.40. The molecule has 4 nitrogen and oxygen atoms in total. The van der Waals surface area contributed by atoms with E-state index in [1.165, 1.54) is 0 Å². The summed E-state index contributed by atoms with van der Waals surface area (Å²) in [5.41, 5.74) is 1.07. The monoisotopic (exact) mass is 340 g/mol. The first kappa shape index (κ1) is 18.7. The minimum absolute atomic E-state index is 0.0521. The average molecular weight is 340 g/mol. The van der Waals surface area contributed by atoms with Crippen LogP contribution in [0, 0.1) is 11.8 Å². The summed E-state index contributed by atoms with van der Waals surface area (Å²) in [7, 11) is 0. The van der Waals surface area contributed by atoms with Crippen LogP contribution in [0.4, 0.5) is 0 Å². The molecule has 132 valence electrons. The maximum Gasteiger partial charge on any atom is 0.338 e. The van der Waals surface area contributed by atoms with Gasteiger partial charge in [-0.2, -0.15) is 0 Å². The van der Waals surface area contributed by atoms with Gasteiger partial charge in [0, 0.05) is 0 Å². The fraction of sp³-hybridized carbons (Fsp3) is 0.333. The summed E-state index contributed by atoms with van der Waals surface area (Å²) in [6, 6.07) is 17.8. The molecule has 0 fully saturated rings. The molecule has 25 heavy (non-hydrogen) atoms. The number of hydrogen-bond acceptors (Lipinski definition) is 4. The maximum absolute atomic E-state index is 12.1. The highest BCUT2D eigenvalue weighted by molar-refractivity contribution is 5.89. The van der Waals surface area contributed by atoms with E-state index in [0.29, 0.717) is 11.1 Å². The Kier molecular flexibility index (Phi) is 6.75. The maximum atomic E-state index is 12.1. The van der Waals surface area contributed by atoms with Crippen LogP contribution in [-0.2, 0) is 9.47 Å². The van der Waals surface area contributed by atoms with Crippen molar-refractivity contribution >= 4 is 11.9 Å². The molecule has 0 saturated carbocycles. The molecule has 0 aliphatic carbocycles. The summed E-state index contributed by atoms with van der Waals surface area (Å²) in [6.45, 7) is 6.11. The summed E-state index contributed by atoms with van der Waals surface area (Å²) in [4.78, 5) is 24.1. The van der Waals surface area contributed by atoms with E-state index >= 15 is 0 Å². The van der Waals surface area contributed by atoms with Crippen LogP contribution in [0.1, 0.15) is 41.5 Å². The molecular formula is C21H24O4. The quantitative estimate of drug-likeness (QED) is 0.703. The third-order valence-electron chi connectivity index (χ3n) is 4.43. The first-order valence-electron chi connectivity index (χ1n) is 8.47. The standard InChI is InChI=1S/C21H24O4/c1-15(14-24-20(22)18-10-6-4-7-11-18)16(2)17(3)25-21(23)19-12-8-5-9-13-19/h4-13,15-17H,14H2,1-3H3. The van der Waals surface area contributed by atoms with Crippen LogP contribution in [0.3, 0.4) is 0 Å². The minimum atomic E-state index is -0.339. The zero-order valence-corrected chi connectivity index (χ0v) is 14.8.